The van der Waals surface area contributed by atoms with Crippen LogP contribution in [0.5, 0.6) is 5.75 Å². The Kier molecular flexibility index (Phi) is 4.47. The summed E-state index contributed by atoms with van der Waals surface area (Å²) in [4.78, 5) is 4.14. The van der Waals surface area contributed by atoms with Crippen molar-refractivity contribution >= 4 is 0 Å². The van der Waals surface area contributed by atoms with Crippen LogP contribution in [0.4, 0.5) is 4.39 Å². The molecule has 1 aromatic heterocycles. The van der Waals surface area contributed by atoms with Gasteiger partial charge in [-0.2, -0.15) is 0 Å². The lowest BCUT2D eigenvalue weighted by Gasteiger charge is -2.11. The van der Waals surface area contributed by atoms with Crippen molar-refractivity contribution in [1.29, 1.82) is 0 Å². The van der Waals surface area contributed by atoms with E-state index < -0.39 is 0 Å². The molecular formula is C15H17FN2O. The van der Waals surface area contributed by atoms with Crippen LogP contribution < -0.4 is 10.1 Å². The topological polar surface area (TPSA) is 34.1 Å². The zero-order chi connectivity index (χ0) is 13.7. The molecular weight excluding hydrogens is 243 g/mol. The average molecular weight is 260 g/mol. The second-order valence-corrected chi connectivity index (χ2v) is 4.17. The molecule has 0 aliphatic carbocycles. The standard InChI is InChI=1S/C15H17FN2O/c1-3-19-14-6-12(9-18-10-14)15-7-13(16)5-4-11(15)8-17-2/h4-7,9-10,17H,3,8H2,1-2H3. The molecule has 1 N–H and O–H groups in total. The number of halogens is 1. The Morgan fingerprint density at radius 3 is 2.84 bits per heavy atom. The Labute approximate surface area is 112 Å². The van der Waals surface area contributed by atoms with Crippen molar-refractivity contribution in [2.75, 3.05) is 13.7 Å². The van der Waals surface area contributed by atoms with Crippen molar-refractivity contribution in [1.82, 2.24) is 10.3 Å². The van der Waals surface area contributed by atoms with E-state index in [1.807, 2.05) is 20.0 Å². The highest BCUT2D eigenvalue weighted by atomic mass is 19.1. The SMILES string of the molecule is CCOc1cncc(-c2cc(F)ccc2CNC)c1. The third-order valence-corrected chi connectivity index (χ3v) is 2.77. The molecule has 0 radical (unpaired) electrons. The fourth-order valence-corrected chi connectivity index (χ4v) is 1.97. The minimum absolute atomic E-state index is 0.253. The first-order valence-electron chi connectivity index (χ1n) is 6.26. The summed E-state index contributed by atoms with van der Waals surface area (Å²) in [7, 11) is 1.86. The molecule has 19 heavy (non-hydrogen) atoms. The molecule has 1 aromatic carbocycles. The van der Waals surface area contributed by atoms with Crippen LogP contribution in [0.15, 0.2) is 36.7 Å². The largest absolute Gasteiger partial charge is 0.492 e. The van der Waals surface area contributed by atoms with Crippen LogP contribution in [0.2, 0.25) is 0 Å². The van der Waals surface area contributed by atoms with Gasteiger partial charge in [0.05, 0.1) is 12.8 Å². The molecule has 100 valence electrons. The highest BCUT2D eigenvalue weighted by molar-refractivity contribution is 5.67. The van der Waals surface area contributed by atoms with Gasteiger partial charge in [-0.25, -0.2) is 4.39 Å². The third kappa shape index (κ3) is 3.29. The lowest BCUT2D eigenvalue weighted by atomic mass is 10.0. The zero-order valence-corrected chi connectivity index (χ0v) is 11.1. The molecule has 0 aliphatic heterocycles. The maximum absolute atomic E-state index is 13.4. The van der Waals surface area contributed by atoms with Crippen LogP contribution in [-0.2, 0) is 6.54 Å². The van der Waals surface area contributed by atoms with Gasteiger partial charge in [-0.05, 0) is 43.3 Å². The molecule has 0 saturated heterocycles. The Bertz CT molecular complexity index is 558. The fourth-order valence-electron chi connectivity index (χ4n) is 1.97. The van der Waals surface area contributed by atoms with E-state index in [-0.39, 0.29) is 5.82 Å². The van der Waals surface area contributed by atoms with Crippen LogP contribution in [-0.4, -0.2) is 18.6 Å². The van der Waals surface area contributed by atoms with Crippen molar-refractivity contribution in [3.8, 4) is 16.9 Å². The lowest BCUT2D eigenvalue weighted by Crippen LogP contribution is -2.06. The lowest BCUT2D eigenvalue weighted by molar-refractivity contribution is 0.339. The van der Waals surface area contributed by atoms with Gasteiger partial charge in [-0.1, -0.05) is 6.07 Å². The number of rotatable bonds is 5. The van der Waals surface area contributed by atoms with Gasteiger partial charge in [0.25, 0.3) is 0 Å². The van der Waals surface area contributed by atoms with Gasteiger partial charge < -0.3 is 10.1 Å². The van der Waals surface area contributed by atoms with Gasteiger partial charge in [0.15, 0.2) is 0 Å². The van der Waals surface area contributed by atoms with Gasteiger partial charge in [0.1, 0.15) is 11.6 Å². The van der Waals surface area contributed by atoms with Gasteiger partial charge in [0, 0.05) is 18.3 Å². The number of aromatic nitrogens is 1. The summed E-state index contributed by atoms with van der Waals surface area (Å²) in [6, 6.07) is 6.66. The van der Waals surface area contributed by atoms with Gasteiger partial charge in [-0.3, -0.25) is 4.98 Å². The third-order valence-electron chi connectivity index (χ3n) is 2.77. The Morgan fingerprint density at radius 1 is 1.26 bits per heavy atom. The molecule has 0 spiro atoms. The second-order valence-electron chi connectivity index (χ2n) is 4.17. The predicted octanol–water partition coefficient (Wildman–Crippen LogP) is 3.01. The van der Waals surface area contributed by atoms with Crippen LogP contribution in [0.25, 0.3) is 11.1 Å². The van der Waals surface area contributed by atoms with Crippen molar-refractivity contribution in [2.24, 2.45) is 0 Å². The molecule has 0 atom stereocenters. The first-order chi connectivity index (χ1) is 9.24. The van der Waals surface area contributed by atoms with E-state index in [9.17, 15) is 4.39 Å². The second kappa shape index (κ2) is 6.29. The summed E-state index contributed by atoms with van der Waals surface area (Å²) < 4.78 is 18.9. The number of ether oxygens (including phenoxy) is 1. The summed E-state index contributed by atoms with van der Waals surface area (Å²) in [5, 5.41) is 3.08. The van der Waals surface area contributed by atoms with E-state index in [2.05, 4.69) is 10.3 Å². The monoisotopic (exact) mass is 260 g/mol. The molecule has 2 aromatic rings. The maximum Gasteiger partial charge on any atom is 0.138 e. The molecule has 4 heteroatoms. The van der Waals surface area contributed by atoms with E-state index in [0.717, 1.165) is 16.7 Å². The van der Waals surface area contributed by atoms with Gasteiger partial charge in [0.2, 0.25) is 0 Å². The highest BCUT2D eigenvalue weighted by Gasteiger charge is 2.08. The number of nitrogens with one attached hydrogen (secondary N) is 1. The summed E-state index contributed by atoms with van der Waals surface area (Å²) in [5.41, 5.74) is 2.72. The van der Waals surface area contributed by atoms with Crippen molar-refractivity contribution in [2.45, 2.75) is 13.5 Å². The number of benzene rings is 1. The van der Waals surface area contributed by atoms with Crippen molar-refractivity contribution in [3.63, 3.8) is 0 Å². The molecule has 1 heterocycles. The van der Waals surface area contributed by atoms with E-state index >= 15 is 0 Å². The van der Waals surface area contributed by atoms with E-state index in [4.69, 9.17) is 4.74 Å². The number of pyridine rings is 1. The Hall–Kier alpha value is -1.94. The van der Waals surface area contributed by atoms with Crippen LogP contribution in [0.3, 0.4) is 0 Å². The van der Waals surface area contributed by atoms with E-state index in [1.165, 1.54) is 12.1 Å². The minimum atomic E-state index is -0.253. The summed E-state index contributed by atoms with van der Waals surface area (Å²) in [6.45, 7) is 3.17. The Balaban J connectivity index is 2.44. The fraction of sp³-hybridized carbons (Fsp3) is 0.267. The maximum atomic E-state index is 13.4. The quantitative estimate of drug-likeness (QED) is 0.897. The van der Waals surface area contributed by atoms with E-state index in [0.29, 0.717) is 18.9 Å². The predicted molar refractivity (Wildman–Crippen MR) is 73.6 cm³/mol. The first kappa shape index (κ1) is 13.5. The molecule has 3 nitrogen and oxygen atoms in total. The minimum Gasteiger partial charge on any atom is -0.492 e. The summed E-state index contributed by atoms with van der Waals surface area (Å²) in [6.07, 6.45) is 3.38. The van der Waals surface area contributed by atoms with E-state index in [1.54, 1.807) is 18.5 Å². The van der Waals surface area contributed by atoms with Crippen LogP contribution >= 0.6 is 0 Å². The summed E-state index contributed by atoms with van der Waals surface area (Å²) >= 11 is 0. The first-order valence-corrected chi connectivity index (χ1v) is 6.26. The number of nitrogens with zero attached hydrogens (tertiary/aromatic N) is 1. The zero-order valence-electron chi connectivity index (χ0n) is 11.1. The Morgan fingerprint density at radius 2 is 2.11 bits per heavy atom. The highest BCUT2D eigenvalue weighted by Crippen LogP contribution is 2.27. The number of hydrogen-bond donors (Lipinski definition) is 1. The number of hydrogen-bond acceptors (Lipinski definition) is 3. The summed E-state index contributed by atoms with van der Waals surface area (Å²) in [5.74, 6) is 0.441. The molecule has 2 rings (SSSR count). The molecule has 0 fully saturated rings. The smallest absolute Gasteiger partial charge is 0.138 e. The molecule has 0 amide bonds. The van der Waals surface area contributed by atoms with Crippen molar-refractivity contribution in [3.05, 3.63) is 48.0 Å². The normalized spacial score (nSPS) is 10.5. The van der Waals surface area contributed by atoms with Crippen LogP contribution in [0, 0.1) is 5.82 Å². The molecule has 0 aliphatic rings. The van der Waals surface area contributed by atoms with Crippen molar-refractivity contribution < 1.29 is 9.13 Å². The average Bonchev–Trinajstić information content (AvgIpc) is 2.42. The molecule has 0 unspecified atom stereocenters. The molecule has 0 saturated carbocycles. The van der Waals surface area contributed by atoms with Crippen LogP contribution in [0.1, 0.15) is 12.5 Å². The van der Waals surface area contributed by atoms with Gasteiger partial charge in [-0.15, -0.1) is 0 Å². The van der Waals surface area contributed by atoms with Gasteiger partial charge >= 0.3 is 0 Å². The molecule has 0 bridgehead atoms.